The Bertz CT molecular complexity index is 658. The zero-order valence-electron chi connectivity index (χ0n) is 10.3. The largest absolute Gasteiger partial charge is 0.397 e. The summed E-state index contributed by atoms with van der Waals surface area (Å²) in [5, 5.41) is 9.79. The monoisotopic (exact) mass is 354 g/mol. The molecular formula is C14H12BrClN2S. The molecule has 1 aromatic heterocycles. The van der Waals surface area contributed by atoms with Crippen LogP contribution in [0.3, 0.4) is 0 Å². The molecule has 1 aromatic carbocycles. The van der Waals surface area contributed by atoms with Gasteiger partial charge in [-0.25, -0.2) is 0 Å². The Morgan fingerprint density at radius 3 is 2.84 bits per heavy atom. The van der Waals surface area contributed by atoms with Gasteiger partial charge in [-0.2, -0.15) is 5.26 Å². The van der Waals surface area contributed by atoms with Gasteiger partial charge in [0.1, 0.15) is 10.9 Å². The van der Waals surface area contributed by atoms with Crippen LogP contribution in [0.1, 0.15) is 23.8 Å². The third kappa shape index (κ3) is 2.64. The van der Waals surface area contributed by atoms with Gasteiger partial charge in [-0.3, -0.25) is 0 Å². The van der Waals surface area contributed by atoms with Crippen molar-refractivity contribution in [1.29, 1.82) is 5.26 Å². The molecule has 98 valence electrons. The van der Waals surface area contributed by atoms with E-state index in [-0.39, 0.29) is 0 Å². The summed E-state index contributed by atoms with van der Waals surface area (Å²) in [4.78, 5) is 1.57. The number of benzene rings is 1. The fraction of sp³-hybridized carbons (Fsp3) is 0.214. The topological polar surface area (TPSA) is 49.8 Å². The molecule has 0 radical (unpaired) electrons. The zero-order valence-corrected chi connectivity index (χ0v) is 13.5. The van der Waals surface area contributed by atoms with Gasteiger partial charge in [0.25, 0.3) is 0 Å². The third-order valence-electron chi connectivity index (χ3n) is 2.85. The van der Waals surface area contributed by atoms with Gasteiger partial charge in [0, 0.05) is 14.9 Å². The fourth-order valence-electron chi connectivity index (χ4n) is 1.96. The van der Waals surface area contributed by atoms with E-state index in [9.17, 15) is 0 Å². The molecule has 2 nitrogen and oxygen atoms in total. The Morgan fingerprint density at radius 2 is 2.21 bits per heavy atom. The van der Waals surface area contributed by atoms with Crippen LogP contribution in [0, 0.1) is 11.3 Å². The number of nitriles is 1. The number of hydrogen-bond acceptors (Lipinski definition) is 3. The van der Waals surface area contributed by atoms with Crippen LogP contribution in [0.2, 0.25) is 5.02 Å². The maximum Gasteiger partial charge on any atom is 0.128 e. The highest BCUT2D eigenvalue weighted by Crippen LogP contribution is 2.43. The Kier molecular flexibility index (Phi) is 4.51. The van der Waals surface area contributed by atoms with Gasteiger partial charge < -0.3 is 5.73 Å². The first-order valence-corrected chi connectivity index (χ1v) is 7.84. The summed E-state index contributed by atoms with van der Waals surface area (Å²) in [6, 6.07) is 7.94. The van der Waals surface area contributed by atoms with Crippen LogP contribution in [0.5, 0.6) is 0 Å². The maximum absolute atomic E-state index is 9.13. The summed E-state index contributed by atoms with van der Waals surface area (Å²) in [6.07, 6.45) is 1.83. The number of nitrogens with two attached hydrogens (primary N) is 1. The molecule has 0 aliphatic rings. The minimum absolute atomic E-state index is 0.564. The van der Waals surface area contributed by atoms with Crippen LogP contribution in [0.4, 0.5) is 5.69 Å². The van der Waals surface area contributed by atoms with E-state index in [0.29, 0.717) is 15.6 Å². The lowest BCUT2D eigenvalue weighted by molar-refractivity contribution is 0.930. The summed E-state index contributed by atoms with van der Waals surface area (Å²) < 4.78 is 0.847. The van der Waals surface area contributed by atoms with Crippen LogP contribution in [0.15, 0.2) is 22.7 Å². The maximum atomic E-state index is 9.13. The fourth-order valence-corrected chi connectivity index (χ4v) is 3.70. The SMILES string of the molecule is CCCc1c(-c2cccc(Br)c2Cl)sc(C#N)c1N. The second-order valence-corrected chi connectivity index (χ2v) is 6.37. The smallest absolute Gasteiger partial charge is 0.128 e. The van der Waals surface area contributed by atoms with Gasteiger partial charge in [-0.05, 0) is 34.0 Å². The number of thiophene rings is 1. The van der Waals surface area contributed by atoms with Crippen molar-refractivity contribution >= 4 is 44.6 Å². The summed E-state index contributed by atoms with van der Waals surface area (Å²) in [7, 11) is 0. The van der Waals surface area contributed by atoms with Gasteiger partial charge in [0.2, 0.25) is 0 Å². The van der Waals surface area contributed by atoms with Crippen LogP contribution in [-0.4, -0.2) is 0 Å². The highest BCUT2D eigenvalue weighted by atomic mass is 79.9. The summed E-state index contributed by atoms with van der Waals surface area (Å²) in [6.45, 7) is 2.09. The second-order valence-electron chi connectivity index (χ2n) is 4.12. The van der Waals surface area contributed by atoms with Crippen molar-refractivity contribution in [2.24, 2.45) is 0 Å². The highest BCUT2D eigenvalue weighted by Gasteiger charge is 2.18. The zero-order chi connectivity index (χ0) is 14.0. The van der Waals surface area contributed by atoms with E-state index in [4.69, 9.17) is 22.6 Å². The van der Waals surface area contributed by atoms with Crippen LogP contribution >= 0.6 is 38.9 Å². The first-order valence-electron chi connectivity index (χ1n) is 5.85. The number of halogens is 2. The lowest BCUT2D eigenvalue weighted by atomic mass is 10.0. The average Bonchev–Trinajstić information content (AvgIpc) is 2.71. The van der Waals surface area contributed by atoms with Gasteiger partial charge in [-0.15, -0.1) is 11.3 Å². The van der Waals surface area contributed by atoms with Crippen molar-refractivity contribution in [2.45, 2.75) is 19.8 Å². The van der Waals surface area contributed by atoms with Crippen molar-refractivity contribution in [2.75, 3.05) is 5.73 Å². The molecule has 0 aliphatic carbocycles. The molecule has 0 amide bonds. The molecule has 2 rings (SSSR count). The summed E-state index contributed by atoms with van der Waals surface area (Å²) in [5.74, 6) is 0. The predicted octanol–water partition coefficient (Wildman–Crippen LogP) is 5.24. The van der Waals surface area contributed by atoms with Crippen molar-refractivity contribution in [1.82, 2.24) is 0 Å². The van der Waals surface area contributed by atoms with E-state index in [2.05, 4.69) is 28.9 Å². The number of anilines is 1. The molecule has 0 atom stereocenters. The molecule has 0 spiro atoms. The quantitative estimate of drug-likeness (QED) is 0.818. The average molecular weight is 356 g/mol. The van der Waals surface area contributed by atoms with Gasteiger partial charge >= 0.3 is 0 Å². The second kappa shape index (κ2) is 5.96. The molecule has 0 aliphatic heterocycles. The first kappa shape index (κ1) is 14.4. The molecule has 0 fully saturated rings. The number of hydrogen-bond donors (Lipinski definition) is 1. The van der Waals surface area contributed by atoms with Gasteiger partial charge in [-0.1, -0.05) is 37.1 Å². The molecule has 2 aromatic rings. The summed E-state index contributed by atoms with van der Waals surface area (Å²) >= 11 is 11.2. The molecule has 5 heteroatoms. The number of rotatable bonds is 3. The molecule has 1 heterocycles. The van der Waals surface area contributed by atoms with Crippen molar-refractivity contribution in [3.8, 4) is 16.5 Å². The molecule has 0 unspecified atom stereocenters. The van der Waals surface area contributed by atoms with Crippen molar-refractivity contribution < 1.29 is 0 Å². The van der Waals surface area contributed by atoms with E-state index in [0.717, 1.165) is 33.3 Å². The Hall–Kier alpha value is -1.02. The molecule has 19 heavy (non-hydrogen) atoms. The standard InChI is InChI=1S/C14H12BrClN2S/c1-2-4-9-13(18)11(7-17)19-14(9)8-5-3-6-10(15)12(8)16/h3,5-6H,2,4,18H2,1H3. The first-order chi connectivity index (χ1) is 9.10. The lowest BCUT2D eigenvalue weighted by Crippen LogP contribution is -1.93. The van der Waals surface area contributed by atoms with Gasteiger partial charge in [0.15, 0.2) is 0 Å². The molecular weight excluding hydrogens is 344 g/mol. The lowest BCUT2D eigenvalue weighted by Gasteiger charge is -2.07. The Balaban J connectivity index is 2.68. The summed E-state index contributed by atoms with van der Waals surface area (Å²) in [5.41, 5.74) is 8.62. The molecule has 0 bridgehead atoms. The van der Waals surface area contributed by atoms with E-state index < -0.39 is 0 Å². The highest BCUT2D eigenvalue weighted by molar-refractivity contribution is 9.10. The Morgan fingerprint density at radius 1 is 1.47 bits per heavy atom. The van der Waals surface area contributed by atoms with E-state index >= 15 is 0 Å². The Labute approximate surface area is 129 Å². The van der Waals surface area contributed by atoms with Crippen molar-refractivity contribution in [3.63, 3.8) is 0 Å². The minimum Gasteiger partial charge on any atom is -0.397 e. The molecule has 0 saturated heterocycles. The van der Waals surface area contributed by atoms with Gasteiger partial charge in [0.05, 0.1) is 10.7 Å². The third-order valence-corrected chi connectivity index (χ3v) is 5.33. The van der Waals surface area contributed by atoms with E-state index in [1.54, 1.807) is 0 Å². The van der Waals surface area contributed by atoms with Crippen molar-refractivity contribution in [3.05, 3.63) is 38.1 Å². The van der Waals surface area contributed by atoms with E-state index in [1.165, 1.54) is 11.3 Å². The van der Waals surface area contributed by atoms with Crippen LogP contribution in [0.25, 0.3) is 10.4 Å². The number of nitrogens with zero attached hydrogens (tertiary/aromatic N) is 1. The number of nitrogen functional groups attached to an aromatic ring is 1. The normalized spacial score (nSPS) is 10.4. The minimum atomic E-state index is 0.564. The van der Waals surface area contributed by atoms with E-state index in [1.807, 2.05) is 18.2 Å². The molecule has 2 N–H and O–H groups in total. The van der Waals surface area contributed by atoms with Crippen LogP contribution in [-0.2, 0) is 6.42 Å². The van der Waals surface area contributed by atoms with Crippen LogP contribution < -0.4 is 5.73 Å². The molecule has 0 saturated carbocycles. The predicted molar refractivity (Wildman–Crippen MR) is 85.6 cm³/mol.